The van der Waals surface area contributed by atoms with Crippen LogP contribution in [0.3, 0.4) is 0 Å². The normalized spacial score (nSPS) is 11.4. The summed E-state index contributed by atoms with van der Waals surface area (Å²) in [4.78, 5) is 1.81. The molecule has 2 rings (SSSR count). The molecule has 2 heterocycles. The summed E-state index contributed by atoms with van der Waals surface area (Å²) >= 11 is 16.8. The van der Waals surface area contributed by atoms with Gasteiger partial charge in [0.2, 0.25) is 0 Å². The number of thiophene rings is 2. The SMILES string of the molecule is OC(c1sc(Br)cc1Br)c1sc(Br)cc1Br. The van der Waals surface area contributed by atoms with Crippen molar-refractivity contribution in [3.05, 3.63) is 38.4 Å². The first-order chi connectivity index (χ1) is 7.49. The average Bonchev–Trinajstić information content (AvgIpc) is 2.68. The van der Waals surface area contributed by atoms with E-state index in [0.717, 1.165) is 26.3 Å². The highest BCUT2D eigenvalue weighted by Gasteiger charge is 2.21. The van der Waals surface area contributed by atoms with Gasteiger partial charge in [-0.05, 0) is 75.9 Å². The molecule has 0 unspecified atom stereocenters. The molecule has 1 N–H and O–H groups in total. The quantitative estimate of drug-likeness (QED) is 0.529. The van der Waals surface area contributed by atoms with Crippen molar-refractivity contribution in [1.82, 2.24) is 0 Å². The average molecular weight is 512 g/mol. The van der Waals surface area contributed by atoms with Crippen LogP contribution in [0.4, 0.5) is 0 Å². The molecule has 0 saturated heterocycles. The summed E-state index contributed by atoms with van der Waals surface area (Å²) in [6.07, 6.45) is -0.601. The van der Waals surface area contributed by atoms with Crippen molar-refractivity contribution >= 4 is 86.4 Å². The molecule has 2 aromatic rings. The summed E-state index contributed by atoms with van der Waals surface area (Å²) in [5, 5.41) is 10.3. The minimum atomic E-state index is -0.601. The monoisotopic (exact) mass is 508 g/mol. The van der Waals surface area contributed by atoms with E-state index >= 15 is 0 Å². The zero-order valence-corrected chi connectivity index (χ0v) is 15.5. The number of hydrogen-bond donors (Lipinski definition) is 1. The summed E-state index contributed by atoms with van der Waals surface area (Å²) in [7, 11) is 0. The standard InChI is InChI=1S/C9H4Br4OS2/c10-3-1-5(12)15-8(3)7(14)9-4(11)2-6(13)16-9/h1-2,7,14H. The molecule has 0 radical (unpaired) electrons. The Morgan fingerprint density at radius 2 is 1.25 bits per heavy atom. The molecule has 16 heavy (non-hydrogen) atoms. The van der Waals surface area contributed by atoms with E-state index in [4.69, 9.17) is 0 Å². The van der Waals surface area contributed by atoms with Crippen molar-refractivity contribution in [1.29, 1.82) is 0 Å². The lowest BCUT2D eigenvalue weighted by molar-refractivity contribution is 0.226. The fraction of sp³-hybridized carbons (Fsp3) is 0.111. The molecule has 0 aromatic carbocycles. The number of aliphatic hydroxyl groups is 1. The van der Waals surface area contributed by atoms with Gasteiger partial charge in [-0.2, -0.15) is 0 Å². The number of rotatable bonds is 2. The van der Waals surface area contributed by atoms with E-state index in [1.54, 1.807) is 0 Å². The minimum Gasteiger partial charge on any atom is -0.382 e. The number of hydrogen-bond acceptors (Lipinski definition) is 3. The predicted octanol–water partition coefficient (Wildman–Crippen LogP) is 5.94. The second-order valence-corrected chi connectivity index (χ2v) is 9.56. The van der Waals surface area contributed by atoms with Gasteiger partial charge in [-0.3, -0.25) is 0 Å². The van der Waals surface area contributed by atoms with E-state index < -0.39 is 6.10 Å². The lowest BCUT2D eigenvalue weighted by Crippen LogP contribution is -1.95. The number of aliphatic hydroxyl groups excluding tert-OH is 1. The van der Waals surface area contributed by atoms with Crippen LogP contribution in [-0.4, -0.2) is 5.11 Å². The summed E-state index contributed by atoms with van der Waals surface area (Å²) in [6, 6.07) is 3.89. The summed E-state index contributed by atoms with van der Waals surface area (Å²) < 4.78 is 3.85. The minimum absolute atomic E-state index is 0.601. The van der Waals surface area contributed by atoms with E-state index in [1.165, 1.54) is 22.7 Å². The summed E-state index contributed by atoms with van der Waals surface area (Å²) in [5.41, 5.74) is 0. The second-order valence-electron chi connectivity index (χ2n) is 2.93. The van der Waals surface area contributed by atoms with Crippen molar-refractivity contribution in [2.45, 2.75) is 6.10 Å². The van der Waals surface area contributed by atoms with Gasteiger partial charge >= 0.3 is 0 Å². The van der Waals surface area contributed by atoms with Gasteiger partial charge in [0.25, 0.3) is 0 Å². The largest absolute Gasteiger partial charge is 0.382 e. The molecule has 7 heteroatoms. The van der Waals surface area contributed by atoms with Gasteiger partial charge in [-0.15, -0.1) is 22.7 Å². The van der Waals surface area contributed by atoms with E-state index in [-0.39, 0.29) is 0 Å². The summed E-state index contributed by atoms with van der Waals surface area (Å²) in [6.45, 7) is 0. The molecule has 0 bridgehead atoms. The van der Waals surface area contributed by atoms with Gasteiger partial charge < -0.3 is 5.11 Å². The Labute approximate surface area is 134 Å². The molecule has 0 fully saturated rings. The van der Waals surface area contributed by atoms with Crippen molar-refractivity contribution in [2.24, 2.45) is 0 Å². The van der Waals surface area contributed by atoms with Crippen molar-refractivity contribution in [3.8, 4) is 0 Å². The molecule has 2 aromatic heterocycles. The van der Waals surface area contributed by atoms with Gasteiger partial charge in [0.15, 0.2) is 0 Å². The fourth-order valence-electron chi connectivity index (χ4n) is 1.20. The van der Waals surface area contributed by atoms with Crippen molar-refractivity contribution < 1.29 is 5.11 Å². The van der Waals surface area contributed by atoms with Crippen LogP contribution in [0.15, 0.2) is 28.7 Å². The van der Waals surface area contributed by atoms with Crippen LogP contribution < -0.4 is 0 Å². The van der Waals surface area contributed by atoms with Crippen molar-refractivity contribution in [3.63, 3.8) is 0 Å². The Morgan fingerprint density at radius 3 is 1.50 bits per heavy atom. The lowest BCUT2D eigenvalue weighted by atomic mass is 10.2. The van der Waals surface area contributed by atoms with E-state index in [2.05, 4.69) is 63.7 Å². The molecule has 0 atom stereocenters. The molecule has 0 aliphatic carbocycles. The predicted molar refractivity (Wildman–Crippen MR) is 83.5 cm³/mol. The topological polar surface area (TPSA) is 20.2 Å². The maximum absolute atomic E-state index is 10.3. The third-order valence-corrected chi connectivity index (χ3v) is 7.08. The molecular formula is C9H4Br4OS2. The highest BCUT2D eigenvalue weighted by atomic mass is 79.9. The van der Waals surface area contributed by atoms with Crippen LogP contribution in [0, 0.1) is 0 Å². The molecule has 0 saturated carbocycles. The molecule has 0 aliphatic rings. The van der Waals surface area contributed by atoms with Crippen LogP contribution in [-0.2, 0) is 0 Å². The first-order valence-electron chi connectivity index (χ1n) is 4.06. The highest BCUT2D eigenvalue weighted by Crippen LogP contribution is 2.43. The Balaban J connectivity index is 2.42. The first-order valence-corrected chi connectivity index (χ1v) is 8.87. The molecular weight excluding hydrogens is 508 g/mol. The first kappa shape index (κ1) is 13.7. The molecule has 0 spiro atoms. The molecule has 0 amide bonds. The van der Waals surface area contributed by atoms with Gasteiger partial charge in [-0.25, -0.2) is 0 Å². The van der Waals surface area contributed by atoms with Crippen LogP contribution in [0.25, 0.3) is 0 Å². The van der Waals surface area contributed by atoms with E-state index in [1.807, 2.05) is 12.1 Å². The zero-order chi connectivity index (χ0) is 11.9. The maximum atomic E-state index is 10.3. The summed E-state index contributed by atoms with van der Waals surface area (Å²) in [5.74, 6) is 0. The van der Waals surface area contributed by atoms with Crippen LogP contribution in [0.5, 0.6) is 0 Å². The third-order valence-electron chi connectivity index (χ3n) is 1.86. The zero-order valence-electron chi connectivity index (χ0n) is 7.51. The van der Waals surface area contributed by atoms with Gasteiger partial charge in [0.05, 0.1) is 17.3 Å². The van der Waals surface area contributed by atoms with E-state index in [9.17, 15) is 5.11 Å². The maximum Gasteiger partial charge on any atom is 0.125 e. The lowest BCUT2D eigenvalue weighted by Gasteiger charge is -2.07. The number of halogens is 4. The van der Waals surface area contributed by atoms with Crippen LogP contribution in [0.1, 0.15) is 15.9 Å². The molecule has 0 aliphatic heterocycles. The van der Waals surface area contributed by atoms with Crippen molar-refractivity contribution in [2.75, 3.05) is 0 Å². The van der Waals surface area contributed by atoms with E-state index in [0.29, 0.717) is 0 Å². The Hall–Kier alpha value is 1.28. The highest BCUT2D eigenvalue weighted by molar-refractivity contribution is 9.12. The Kier molecular flexibility index (Phi) is 4.71. The van der Waals surface area contributed by atoms with Gasteiger partial charge in [0.1, 0.15) is 6.10 Å². The van der Waals surface area contributed by atoms with Gasteiger partial charge in [0, 0.05) is 8.95 Å². The Bertz CT molecular complexity index is 473. The molecule has 1 nitrogen and oxygen atoms in total. The Morgan fingerprint density at radius 1 is 0.875 bits per heavy atom. The van der Waals surface area contributed by atoms with Gasteiger partial charge in [-0.1, -0.05) is 0 Å². The third kappa shape index (κ3) is 2.81. The van der Waals surface area contributed by atoms with Crippen LogP contribution >= 0.6 is 86.4 Å². The fourth-order valence-corrected chi connectivity index (χ4v) is 6.62. The van der Waals surface area contributed by atoms with Crippen LogP contribution in [0.2, 0.25) is 0 Å². The molecule has 86 valence electrons. The smallest absolute Gasteiger partial charge is 0.125 e. The second kappa shape index (κ2) is 5.50.